The topological polar surface area (TPSA) is 83.7 Å². The number of nitriles is 1. The van der Waals surface area contributed by atoms with Crippen molar-refractivity contribution < 1.29 is 14.3 Å². The summed E-state index contributed by atoms with van der Waals surface area (Å²) in [6.07, 6.45) is 0. The van der Waals surface area contributed by atoms with E-state index in [0.717, 1.165) is 5.56 Å². The van der Waals surface area contributed by atoms with Crippen LogP contribution in [0.4, 0.5) is 0 Å². The van der Waals surface area contributed by atoms with Crippen LogP contribution in [-0.4, -0.2) is 24.8 Å². The first-order valence-electron chi connectivity index (χ1n) is 7.51. The largest absolute Gasteiger partial charge is 0.482 e. The molecule has 134 valence electrons. The number of nitrogens with zero attached hydrogens (tertiary/aromatic N) is 2. The number of hydrogen-bond donors (Lipinski definition) is 1. The van der Waals surface area contributed by atoms with Crippen LogP contribution in [0.2, 0.25) is 10.0 Å². The van der Waals surface area contributed by atoms with Gasteiger partial charge < -0.3 is 9.47 Å². The van der Waals surface area contributed by atoms with Gasteiger partial charge in [-0.25, -0.2) is 5.43 Å². The van der Waals surface area contributed by atoms with Gasteiger partial charge in [0.05, 0.1) is 10.7 Å². The molecule has 0 spiro atoms. The third kappa shape index (κ3) is 5.96. The molecule has 2 aromatic carbocycles. The molecule has 0 fully saturated rings. The summed E-state index contributed by atoms with van der Waals surface area (Å²) < 4.78 is 10.5. The molecule has 0 aliphatic carbocycles. The first-order valence-corrected chi connectivity index (χ1v) is 8.26. The number of carbonyl (C=O) groups is 1. The van der Waals surface area contributed by atoms with Gasteiger partial charge in [-0.15, -0.1) is 0 Å². The summed E-state index contributed by atoms with van der Waals surface area (Å²) in [7, 11) is 0. The van der Waals surface area contributed by atoms with E-state index in [2.05, 4.69) is 10.5 Å². The Morgan fingerprint density at radius 3 is 2.58 bits per heavy atom. The average molecular weight is 392 g/mol. The van der Waals surface area contributed by atoms with Crippen molar-refractivity contribution in [2.24, 2.45) is 5.10 Å². The molecule has 0 aromatic heterocycles. The number of rotatable bonds is 7. The van der Waals surface area contributed by atoms with E-state index in [1.54, 1.807) is 43.3 Å². The summed E-state index contributed by atoms with van der Waals surface area (Å²) in [6, 6.07) is 13.6. The molecule has 0 aliphatic heterocycles. The molecule has 1 N–H and O–H groups in total. The summed E-state index contributed by atoms with van der Waals surface area (Å²) in [6.45, 7) is 1.50. The fourth-order valence-corrected chi connectivity index (χ4v) is 2.35. The maximum Gasteiger partial charge on any atom is 0.277 e. The average Bonchev–Trinajstić information content (AvgIpc) is 2.64. The highest BCUT2D eigenvalue weighted by Crippen LogP contribution is 2.27. The second-order valence-electron chi connectivity index (χ2n) is 5.07. The minimum atomic E-state index is -0.427. The van der Waals surface area contributed by atoms with Gasteiger partial charge >= 0.3 is 0 Å². The van der Waals surface area contributed by atoms with E-state index >= 15 is 0 Å². The van der Waals surface area contributed by atoms with E-state index in [1.807, 2.05) is 6.07 Å². The Balaban J connectivity index is 1.87. The van der Waals surface area contributed by atoms with E-state index in [1.165, 1.54) is 6.07 Å². The second-order valence-corrected chi connectivity index (χ2v) is 5.91. The molecule has 0 aliphatic rings. The summed E-state index contributed by atoms with van der Waals surface area (Å²) in [4.78, 5) is 11.8. The molecule has 8 heteroatoms. The molecule has 0 atom stereocenters. The highest BCUT2D eigenvalue weighted by molar-refractivity contribution is 6.35. The molecular weight excluding hydrogens is 377 g/mol. The fourth-order valence-electron chi connectivity index (χ4n) is 1.89. The zero-order valence-electron chi connectivity index (χ0n) is 13.8. The van der Waals surface area contributed by atoms with Gasteiger partial charge in [0.2, 0.25) is 0 Å². The molecule has 0 unspecified atom stereocenters. The Hall–Kier alpha value is -2.75. The number of hydrazone groups is 1. The van der Waals surface area contributed by atoms with Crippen molar-refractivity contribution in [2.75, 3.05) is 13.2 Å². The third-order valence-electron chi connectivity index (χ3n) is 3.18. The first kappa shape index (κ1) is 19.6. The lowest BCUT2D eigenvalue weighted by Crippen LogP contribution is -2.25. The van der Waals surface area contributed by atoms with Crippen LogP contribution in [0, 0.1) is 11.3 Å². The molecule has 6 nitrogen and oxygen atoms in total. The van der Waals surface area contributed by atoms with Crippen molar-refractivity contribution in [3.63, 3.8) is 0 Å². The molecule has 0 saturated heterocycles. The van der Waals surface area contributed by atoms with Gasteiger partial charge in [0, 0.05) is 5.02 Å². The molecule has 0 radical (unpaired) electrons. The van der Waals surface area contributed by atoms with Gasteiger partial charge in [-0.1, -0.05) is 23.2 Å². The maximum absolute atomic E-state index is 11.8. The quantitative estimate of drug-likeness (QED) is 0.574. The number of benzene rings is 2. The van der Waals surface area contributed by atoms with Gasteiger partial charge in [-0.2, -0.15) is 10.4 Å². The van der Waals surface area contributed by atoms with Gasteiger partial charge in [-0.3, -0.25) is 4.79 Å². The van der Waals surface area contributed by atoms with Crippen LogP contribution in [0.25, 0.3) is 0 Å². The van der Waals surface area contributed by atoms with Gasteiger partial charge in [0.25, 0.3) is 5.91 Å². The first-order chi connectivity index (χ1) is 12.5. The fraction of sp³-hybridized carbons (Fsp3) is 0.167. The Kier molecular flexibility index (Phi) is 7.27. The Bertz CT molecular complexity index is 846. The summed E-state index contributed by atoms with van der Waals surface area (Å²) >= 11 is 11.8. The molecule has 0 bridgehead atoms. The molecular formula is C18H15Cl2N3O3. The summed E-state index contributed by atoms with van der Waals surface area (Å²) in [5.74, 6) is 0.518. The highest BCUT2D eigenvalue weighted by atomic mass is 35.5. The van der Waals surface area contributed by atoms with Gasteiger partial charge in [0.1, 0.15) is 17.6 Å². The van der Waals surface area contributed by atoms with Crippen molar-refractivity contribution in [3.8, 4) is 17.6 Å². The lowest BCUT2D eigenvalue weighted by atomic mass is 10.1. The van der Waals surface area contributed by atoms with Gasteiger partial charge in [-0.05, 0) is 55.0 Å². The minimum Gasteiger partial charge on any atom is -0.482 e. The molecule has 1 amide bonds. The normalized spacial score (nSPS) is 10.8. The van der Waals surface area contributed by atoms with Crippen molar-refractivity contribution >= 4 is 34.8 Å². The van der Waals surface area contributed by atoms with Crippen LogP contribution in [-0.2, 0) is 4.79 Å². The van der Waals surface area contributed by atoms with Crippen molar-refractivity contribution in [1.29, 1.82) is 5.26 Å². The lowest BCUT2D eigenvalue weighted by molar-refractivity contribution is -0.123. The van der Waals surface area contributed by atoms with Crippen LogP contribution in [0.15, 0.2) is 47.6 Å². The van der Waals surface area contributed by atoms with E-state index in [4.69, 9.17) is 37.9 Å². The van der Waals surface area contributed by atoms with Crippen LogP contribution in [0.1, 0.15) is 12.5 Å². The van der Waals surface area contributed by atoms with E-state index < -0.39 is 5.91 Å². The minimum absolute atomic E-state index is 0.0138. The molecule has 26 heavy (non-hydrogen) atoms. The standard InChI is InChI=1S/C18H15Cl2N3O3/c1-12(13-2-5-15(6-3-13)25-9-8-21)22-23-18(24)11-26-17-7-4-14(19)10-16(17)20/h2-7,10H,9,11H2,1H3,(H,23,24)/b22-12-. The Morgan fingerprint density at radius 2 is 1.92 bits per heavy atom. The van der Waals surface area contributed by atoms with Gasteiger partial charge in [0.15, 0.2) is 13.2 Å². The Morgan fingerprint density at radius 1 is 1.19 bits per heavy atom. The van der Waals surface area contributed by atoms with Crippen molar-refractivity contribution in [3.05, 3.63) is 58.1 Å². The monoisotopic (exact) mass is 391 g/mol. The predicted molar refractivity (Wildman–Crippen MR) is 99.9 cm³/mol. The summed E-state index contributed by atoms with van der Waals surface area (Å²) in [5, 5.41) is 13.3. The number of carbonyl (C=O) groups excluding carboxylic acids is 1. The number of ether oxygens (including phenoxy) is 2. The third-order valence-corrected chi connectivity index (χ3v) is 3.71. The van der Waals surface area contributed by atoms with E-state index in [-0.39, 0.29) is 13.2 Å². The number of nitrogens with one attached hydrogen (secondary N) is 1. The van der Waals surface area contributed by atoms with Crippen LogP contribution in [0.5, 0.6) is 11.5 Å². The summed E-state index contributed by atoms with van der Waals surface area (Å²) in [5.41, 5.74) is 3.82. The van der Waals surface area contributed by atoms with E-state index in [0.29, 0.717) is 27.3 Å². The maximum atomic E-state index is 11.8. The smallest absolute Gasteiger partial charge is 0.277 e. The van der Waals surface area contributed by atoms with Crippen LogP contribution in [0.3, 0.4) is 0 Å². The SMILES string of the molecule is C/C(=N/NC(=O)COc1ccc(Cl)cc1Cl)c1ccc(OCC#N)cc1. The van der Waals surface area contributed by atoms with Crippen LogP contribution >= 0.6 is 23.2 Å². The zero-order chi connectivity index (χ0) is 18.9. The predicted octanol–water partition coefficient (Wildman–Crippen LogP) is 3.81. The molecule has 2 aromatic rings. The number of amides is 1. The van der Waals surface area contributed by atoms with E-state index in [9.17, 15) is 4.79 Å². The highest BCUT2D eigenvalue weighted by Gasteiger charge is 2.06. The van der Waals surface area contributed by atoms with Crippen molar-refractivity contribution in [1.82, 2.24) is 5.43 Å². The number of halogens is 2. The molecule has 0 heterocycles. The Labute approximate surface area is 160 Å². The number of hydrogen-bond acceptors (Lipinski definition) is 5. The van der Waals surface area contributed by atoms with Crippen molar-refractivity contribution in [2.45, 2.75) is 6.92 Å². The van der Waals surface area contributed by atoms with Crippen LogP contribution < -0.4 is 14.9 Å². The molecule has 2 rings (SSSR count). The zero-order valence-corrected chi connectivity index (χ0v) is 15.3. The lowest BCUT2D eigenvalue weighted by Gasteiger charge is -2.08. The second kappa shape index (κ2) is 9.66. The molecule has 0 saturated carbocycles.